The van der Waals surface area contributed by atoms with Gasteiger partial charge in [-0.3, -0.25) is 9.79 Å². The van der Waals surface area contributed by atoms with Crippen LogP contribution in [0.25, 0.3) is 22.0 Å². The number of nitrogens with one attached hydrogen (secondary N) is 2. The summed E-state index contributed by atoms with van der Waals surface area (Å²) < 4.78 is 5.69. The molecule has 6 rings (SSSR count). The number of nitrogens with zero attached hydrogens (tertiary/aromatic N) is 3. The number of aromatic nitrogens is 2. The van der Waals surface area contributed by atoms with E-state index in [2.05, 4.69) is 64.4 Å². The van der Waals surface area contributed by atoms with E-state index < -0.39 is 0 Å². The fourth-order valence-electron chi connectivity index (χ4n) is 4.98. The third-order valence-corrected chi connectivity index (χ3v) is 6.73. The number of benzene rings is 2. The van der Waals surface area contributed by atoms with Crippen LogP contribution >= 0.6 is 0 Å². The first-order chi connectivity index (χ1) is 17.0. The van der Waals surface area contributed by atoms with E-state index >= 15 is 0 Å². The van der Waals surface area contributed by atoms with Crippen molar-refractivity contribution >= 4 is 34.2 Å². The molecule has 35 heavy (non-hydrogen) atoms. The maximum Gasteiger partial charge on any atom is 0.259 e. The standard InChI is InChI=1S/C28H27N5O2/c1-17-11-23(5-6-25(17)33-9-10-35-18(2)16-33)31-27-26-20(7-8-30-28(26)34)13-24(32-27)19-3-4-21-14-29-15-22(21)12-19/h3-8,11-14,18H,9-10,15-16H2,1-2H3,(H,30,34)(H,31,32)/t18-/m1/s1. The second-order valence-electron chi connectivity index (χ2n) is 9.26. The zero-order valence-corrected chi connectivity index (χ0v) is 19.8. The first kappa shape index (κ1) is 21.6. The summed E-state index contributed by atoms with van der Waals surface area (Å²) in [6.45, 7) is 7.40. The first-order valence-corrected chi connectivity index (χ1v) is 11.9. The van der Waals surface area contributed by atoms with Gasteiger partial charge in [-0.15, -0.1) is 0 Å². The number of pyridine rings is 2. The normalized spacial score (nSPS) is 17.1. The number of hydrogen-bond donors (Lipinski definition) is 2. The molecule has 1 fully saturated rings. The summed E-state index contributed by atoms with van der Waals surface area (Å²) >= 11 is 0. The molecule has 2 N–H and O–H groups in total. The second kappa shape index (κ2) is 8.67. The maximum atomic E-state index is 12.8. The Morgan fingerprint density at radius 3 is 2.91 bits per heavy atom. The van der Waals surface area contributed by atoms with E-state index in [0.29, 0.717) is 17.7 Å². The Morgan fingerprint density at radius 2 is 2.06 bits per heavy atom. The lowest BCUT2D eigenvalue weighted by atomic mass is 10.0. The molecule has 0 amide bonds. The quantitative estimate of drug-likeness (QED) is 0.452. The number of aliphatic imine (C=N–C) groups is 1. The Labute approximate surface area is 203 Å². The van der Waals surface area contributed by atoms with Gasteiger partial charge in [0.1, 0.15) is 5.82 Å². The topological polar surface area (TPSA) is 82.6 Å². The van der Waals surface area contributed by atoms with Crippen molar-refractivity contribution < 1.29 is 4.74 Å². The molecule has 0 saturated carbocycles. The van der Waals surface area contributed by atoms with Crippen molar-refractivity contribution in [3.8, 4) is 11.3 Å². The minimum atomic E-state index is -0.165. The molecule has 2 aliphatic rings. The number of aryl methyl sites for hydroxylation is 1. The van der Waals surface area contributed by atoms with Gasteiger partial charge in [-0.1, -0.05) is 12.1 Å². The van der Waals surface area contributed by atoms with Gasteiger partial charge in [0.15, 0.2) is 0 Å². The fraction of sp³-hybridized carbons (Fsp3) is 0.250. The first-order valence-electron chi connectivity index (χ1n) is 11.9. The molecular formula is C28H27N5O2. The summed E-state index contributed by atoms with van der Waals surface area (Å²) in [4.78, 5) is 27.2. The number of morpholine rings is 1. The molecule has 4 aromatic rings. The van der Waals surface area contributed by atoms with Gasteiger partial charge < -0.3 is 19.9 Å². The Balaban J connectivity index is 1.38. The molecule has 0 bridgehead atoms. The summed E-state index contributed by atoms with van der Waals surface area (Å²) in [6.07, 6.45) is 3.80. The Hall–Kier alpha value is -3.97. The van der Waals surface area contributed by atoms with Crippen LogP contribution < -0.4 is 15.8 Å². The highest BCUT2D eigenvalue weighted by Gasteiger charge is 2.19. The van der Waals surface area contributed by atoms with Crippen molar-refractivity contribution in [1.82, 2.24) is 9.97 Å². The third-order valence-electron chi connectivity index (χ3n) is 6.73. The number of H-pyrrole nitrogens is 1. The highest BCUT2D eigenvalue weighted by molar-refractivity contribution is 5.95. The molecule has 1 saturated heterocycles. The molecule has 0 aliphatic carbocycles. The fourth-order valence-corrected chi connectivity index (χ4v) is 4.98. The summed E-state index contributed by atoms with van der Waals surface area (Å²) in [5.41, 5.74) is 7.25. The van der Waals surface area contributed by atoms with Gasteiger partial charge >= 0.3 is 0 Å². The van der Waals surface area contributed by atoms with Crippen LogP contribution in [0.2, 0.25) is 0 Å². The van der Waals surface area contributed by atoms with Crippen LogP contribution in [0.4, 0.5) is 17.2 Å². The molecule has 0 radical (unpaired) electrons. The van der Waals surface area contributed by atoms with E-state index in [1.165, 1.54) is 11.3 Å². The second-order valence-corrected chi connectivity index (χ2v) is 9.26. The van der Waals surface area contributed by atoms with Crippen molar-refractivity contribution in [3.05, 3.63) is 81.8 Å². The van der Waals surface area contributed by atoms with Crippen molar-refractivity contribution in [2.75, 3.05) is 29.9 Å². The predicted octanol–water partition coefficient (Wildman–Crippen LogP) is 4.80. The SMILES string of the molecule is Cc1cc(Nc2nc(-c3ccc4c(c3)CN=C4)cc3cc[nH]c(=O)c23)ccc1N1CCO[C@H](C)C1. The van der Waals surface area contributed by atoms with Gasteiger partial charge in [-0.25, -0.2) is 4.98 Å². The number of rotatable bonds is 4. The lowest BCUT2D eigenvalue weighted by Gasteiger charge is -2.34. The zero-order chi connectivity index (χ0) is 23.9. The highest BCUT2D eigenvalue weighted by atomic mass is 16.5. The van der Waals surface area contributed by atoms with Gasteiger partial charge in [0.05, 0.1) is 30.3 Å². The highest BCUT2D eigenvalue weighted by Crippen LogP contribution is 2.31. The van der Waals surface area contributed by atoms with Crippen LogP contribution in [0.1, 0.15) is 23.6 Å². The Kier molecular flexibility index (Phi) is 5.34. The molecule has 2 aliphatic heterocycles. The molecule has 0 spiro atoms. The lowest BCUT2D eigenvalue weighted by Crippen LogP contribution is -2.41. The molecule has 4 heterocycles. The van der Waals surface area contributed by atoms with E-state index in [-0.39, 0.29) is 11.7 Å². The molecular weight excluding hydrogens is 438 g/mol. The Morgan fingerprint density at radius 1 is 1.14 bits per heavy atom. The van der Waals surface area contributed by atoms with Gasteiger partial charge in [-0.05, 0) is 72.3 Å². The van der Waals surface area contributed by atoms with E-state index in [0.717, 1.165) is 53.2 Å². The van der Waals surface area contributed by atoms with Crippen LogP contribution in [-0.4, -0.2) is 42.0 Å². The molecule has 7 heteroatoms. The molecule has 1 atom stereocenters. The molecule has 2 aromatic carbocycles. The number of anilines is 3. The number of fused-ring (bicyclic) bond motifs is 2. The van der Waals surface area contributed by atoms with Crippen molar-refractivity contribution in [1.29, 1.82) is 0 Å². The molecule has 2 aromatic heterocycles. The van der Waals surface area contributed by atoms with Crippen molar-refractivity contribution in [2.24, 2.45) is 4.99 Å². The van der Waals surface area contributed by atoms with Crippen LogP contribution in [-0.2, 0) is 11.3 Å². The smallest absolute Gasteiger partial charge is 0.259 e. The van der Waals surface area contributed by atoms with Crippen LogP contribution in [0, 0.1) is 6.92 Å². The van der Waals surface area contributed by atoms with Gasteiger partial charge in [0, 0.05) is 42.4 Å². The molecule has 7 nitrogen and oxygen atoms in total. The number of aromatic amines is 1. The van der Waals surface area contributed by atoms with E-state index in [1.807, 2.05) is 24.4 Å². The van der Waals surface area contributed by atoms with E-state index in [4.69, 9.17) is 9.72 Å². The van der Waals surface area contributed by atoms with Crippen molar-refractivity contribution in [3.63, 3.8) is 0 Å². The van der Waals surface area contributed by atoms with Crippen molar-refractivity contribution in [2.45, 2.75) is 26.5 Å². The predicted molar refractivity (Wildman–Crippen MR) is 141 cm³/mol. The number of ether oxygens (including phenoxy) is 1. The monoisotopic (exact) mass is 465 g/mol. The number of hydrogen-bond acceptors (Lipinski definition) is 6. The summed E-state index contributed by atoms with van der Waals surface area (Å²) in [6, 6.07) is 16.4. The molecule has 0 unspecified atom stereocenters. The minimum absolute atomic E-state index is 0.165. The molecule has 176 valence electrons. The van der Waals surface area contributed by atoms with Gasteiger partial charge in [0.2, 0.25) is 0 Å². The summed E-state index contributed by atoms with van der Waals surface area (Å²) in [5.74, 6) is 0.545. The van der Waals surface area contributed by atoms with E-state index in [1.54, 1.807) is 6.20 Å². The van der Waals surface area contributed by atoms with Gasteiger partial charge in [0.25, 0.3) is 5.56 Å². The average Bonchev–Trinajstić information content (AvgIpc) is 3.32. The maximum absolute atomic E-state index is 12.8. The zero-order valence-electron chi connectivity index (χ0n) is 19.8. The Bertz CT molecular complexity index is 1520. The van der Waals surface area contributed by atoms with Crippen LogP contribution in [0.5, 0.6) is 0 Å². The van der Waals surface area contributed by atoms with Gasteiger partial charge in [-0.2, -0.15) is 0 Å². The third kappa shape index (κ3) is 4.08. The summed E-state index contributed by atoms with van der Waals surface area (Å²) in [7, 11) is 0. The minimum Gasteiger partial charge on any atom is -0.375 e. The van der Waals surface area contributed by atoms with E-state index in [9.17, 15) is 4.79 Å². The average molecular weight is 466 g/mol. The largest absolute Gasteiger partial charge is 0.375 e. The van der Waals surface area contributed by atoms with Crippen LogP contribution in [0.3, 0.4) is 0 Å². The van der Waals surface area contributed by atoms with Crippen LogP contribution in [0.15, 0.2) is 64.5 Å². The summed E-state index contributed by atoms with van der Waals surface area (Å²) in [5, 5.41) is 4.82. The lowest BCUT2D eigenvalue weighted by molar-refractivity contribution is 0.0532.